The first kappa shape index (κ1) is 22.7. The maximum Gasteiger partial charge on any atom is 0.239 e. The fourth-order valence-corrected chi connectivity index (χ4v) is 2.06. The molecule has 0 aliphatic heterocycles. The normalized spacial score (nSPS) is 12.3. The van der Waals surface area contributed by atoms with Crippen LogP contribution in [0.15, 0.2) is 4.99 Å². The molecule has 0 spiro atoms. The van der Waals surface area contributed by atoms with Gasteiger partial charge < -0.3 is 16.0 Å². The van der Waals surface area contributed by atoms with E-state index in [2.05, 4.69) is 20.9 Å². The molecule has 0 bridgehead atoms. The number of carbonyl (C=O) groups is 1. The Morgan fingerprint density at radius 2 is 1.76 bits per heavy atom. The number of halogens is 1. The molecule has 0 aromatic rings. The van der Waals surface area contributed by atoms with Crippen molar-refractivity contribution in [3.05, 3.63) is 0 Å². The van der Waals surface area contributed by atoms with Gasteiger partial charge in [-0.3, -0.25) is 9.79 Å². The van der Waals surface area contributed by atoms with E-state index < -0.39 is 9.84 Å². The van der Waals surface area contributed by atoms with Gasteiger partial charge in [0.1, 0.15) is 9.84 Å². The van der Waals surface area contributed by atoms with E-state index in [1.807, 2.05) is 20.8 Å². The monoisotopic (exact) mass is 434 g/mol. The number of nitrogens with zero attached hydrogens (tertiary/aromatic N) is 1. The number of guanidine groups is 1. The second-order valence-corrected chi connectivity index (χ2v) is 7.89. The lowest BCUT2D eigenvalue weighted by atomic mass is 10.1. The molecule has 0 atom stereocenters. The van der Waals surface area contributed by atoms with Crippen LogP contribution >= 0.6 is 24.0 Å². The largest absolute Gasteiger partial charge is 0.356 e. The quantitative estimate of drug-likeness (QED) is 0.239. The summed E-state index contributed by atoms with van der Waals surface area (Å²) in [7, 11) is -1.35. The van der Waals surface area contributed by atoms with Crippen LogP contribution in [0.4, 0.5) is 0 Å². The number of hydrogen-bond donors (Lipinski definition) is 3. The minimum Gasteiger partial charge on any atom is -0.356 e. The molecule has 0 unspecified atom stereocenters. The highest BCUT2D eigenvalue weighted by atomic mass is 127. The summed E-state index contributed by atoms with van der Waals surface area (Å²) >= 11 is 0. The van der Waals surface area contributed by atoms with Crippen LogP contribution in [0.5, 0.6) is 0 Å². The van der Waals surface area contributed by atoms with Crippen molar-refractivity contribution in [2.75, 3.05) is 32.1 Å². The lowest BCUT2D eigenvalue weighted by Crippen LogP contribution is -2.48. The Balaban J connectivity index is 0. The summed E-state index contributed by atoms with van der Waals surface area (Å²) in [5.41, 5.74) is -0.273. The average Bonchev–Trinajstić information content (AvgIpc) is 2.24. The summed E-state index contributed by atoms with van der Waals surface area (Å²) in [4.78, 5) is 15.6. The van der Waals surface area contributed by atoms with Crippen LogP contribution in [0.25, 0.3) is 0 Å². The van der Waals surface area contributed by atoms with Gasteiger partial charge in [-0.2, -0.15) is 0 Å². The summed E-state index contributed by atoms with van der Waals surface area (Å²) in [5, 5.41) is 8.64. The van der Waals surface area contributed by atoms with Crippen molar-refractivity contribution in [2.45, 2.75) is 32.7 Å². The van der Waals surface area contributed by atoms with Gasteiger partial charge in [-0.05, 0) is 27.2 Å². The van der Waals surface area contributed by atoms with Gasteiger partial charge in [-0.1, -0.05) is 0 Å². The minimum absolute atomic E-state index is 0. The minimum atomic E-state index is -2.94. The van der Waals surface area contributed by atoms with Crippen molar-refractivity contribution < 1.29 is 13.2 Å². The number of amides is 1. The van der Waals surface area contributed by atoms with Crippen molar-refractivity contribution in [3.63, 3.8) is 0 Å². The lowest BCUT2D eigenvalue weighted by molar-refractivity contribution is -0.121. The summed E-state index contributed by atoms with van der Waals surface area (Å²) in [6.07, 6.45) is 1.70. The van der Waals surface area contributed by atoms with Crippen LogP contribution in [0.3, 0.4) is 0 Å². The van der Waals surface area contributed by atoms with Crippen LogP contribution in [0.1, 0.15) is 27.2 Å². The summed E-state index contributed by atoms with van der Waals surface area (Å²) in [6.45, 7) is 6.31. The maximum absolute atomic E-state index is 11.6. The second kappa shape index (κ2) is 10.2. The Morgan fingerprint density at radius 1 is 1.19 bits per heavy atom. The van der Waals surface area contributed by atoms with Gasteiger partial charge in [0.15, 0.2) is 5.96 Å². The van der Waals surface area contributed by atoms with E-state index in [1.165, 1.54) is 6.26 Å². The zero-order valence-electron chi connectivity index (χ0n) is 13.3. The zero-order chi connectivity index (χ0) is 15.8. The van der Waals surface area contributed by atoms with E-state index in [1.54, 1.807) is 7.05 Å². The molecule has 0 saturated heterocycles. The maximum atomic E-state index is 11.6. The van der Waals surface area contributed by atoms with E-state index in [0.29, 0.717) is 18.9 Å². The van der Waals surface area contributed by atoms with E-state index in [9.17, 15) is 13.2 Å². The Hall–Kier alpha value is -0.580. The molecular formula is C12H27IN4O3S. The second-order valence-electron chi connectivity index (χ2n) is 5.63. The molecule has 0 heterocycles. The van der Waals surface area contributed by atoms with Crippen LogP contribution in [-0.2, 0) is 14.6 Å². The first-order valence-electron chi connectivity index (χ1n) is 6.47. The standard InChI is InChI=1S/C12H26N4O3S.HI/c1-12(2,3)16-10(17)9-15-11(13-4)14-7-6-8-20(5,18)19;/h6-9H2,1-5H3,(H,16,17)(H2,13,14,15);1H. The van der Waals surface area contributed by atoms with Gasteiger partial charge in [-0.25, -0.2) is 8.42 Å². The van der Waals surface area contributed by atoms with Gasteiger partial charge in [-0.15, -0.1) is 24.0 Å². The Kier molecular flexibility index (Phi) is 11.0. The molecule has 0 aliphatic rings. The molecule has 0 fully saturated rings. The first-order valence-corrected chi connectivity index (χ1v) is 8.53. The number of aliphatic imine (C=N–C) groups is 1. The van der Waals surface area contributed by atoms with E-state index in [4.69, 9.17) is 0 Å². The number of nitrogens with one attached hydrogen (secondary N) is 3. The molecule has 0 aromatic heterocycles. The number of sulfone groups is 1. The summed E-state index contributed by atoms with van der Waals surface area (Å²) in [6, 6.07) is 0. The predicted octanol–water partition coefficient (Wildman–Crippen LogP) is 0.119. The van der Waals surface area contributed by atoms with Gasteiger partial charge in [0.05, 0.1) is 12.3 Å². The van der Waals surface area contributed by atoms with Gasteiger partial charge in [0, 0.05) is 25.4 Å². The SMILES string of the molecule is CN=C(NCCCS(C)(=O)=O)NCC(=O)NC(C)(C)C.I. The van der Waals surface area contributed by atoms with Crippen molar-refractivity contribution in [2.24, 2.45) is 4.99 Å². The van der Waals surface area contributed by atoms with Crippen LogP contribution in [0.2, 0.25) is 0 Å². The van der Waals surface area contributed by atoms with E-state index >= 15 is 0 Å². The third kappa shape index (κ3) is 15.6. The molecule has 0 radical (unpaired) electrons. The van der Waals surface area contributed by atoms with Crippen molar-refractivity contribution in [1.29, 1.82) is 0 Å². The Morgan fingerprint density at radius 3 is 2.19 bits per heavy atom. The molecule has 0 rings (SSSR count). The summed E-state index contributed by atoms with van der Waals surface area (Å²) < 4.78 is 21.9. The van der Waals surface area contributed by atoms with Crippen molar-refractivity contribution in [3.8, 4) is 0 Å². The van der Waals surface area contributed by atoms with Crippen LogP contribution in [-0.4, -0.2) is 58.0 Å². The van der Waals surface area contributed by atoms with Crippen LogP contribution < -0.4 is 16.0 Å². The van der Waals surface area contributed by atoms with Gasteiger partial charge >= 0.3 is 0 Å². The summed E-state index contributed by atoms with van der Waals surface area (Å²) in [5.74, 6) is 0.473. The van der Waals surface area contributed by atoms with Gasteiger partial charge in [0.25, 0.3) is 0 Å². The number of rotatable bonds is 6. The van der Waals surface area contributed by atoms with Crippen molar-refractivity contribution in [1.82, 2.24) is 16.0 Å². The highest BCUT2D eigenvalue weighted by Crippen LogP contribution is 1.97. The van der Waals surface area contributed by atoms with Crippen LogP contribution in [0, 0.1) is 0 Å². The zero-order valence-corrected chi connectivity index (χ0v) is 16.5. The third-order valence-corrected chi connectivity index (χ3v) is 3.17. The molecule has 21 heavy (non-hydrogen) atoms. The lowest BCUT2D eigenvalue weighted by Gasteiger charge is -2.21. The number of carbonyl (C=O) groups excluding carboxylic acids is 1. The van der Waals surface area contributed by atoms with E-state index in [-0.39, 0.29) is 47.7 Å². The highest BCUT2D eigenvalue weighted by molar-refractivity contribution is 14.0. The molecule has 0 aliphatic carbocycles. The molecule has 7 nitrogen and oxygen atoms in total. The molecule has 9 heteroatoms. The smallest absolute Gasteiger partial charge is 0.239 e. The first-order chi connectivity index (χ1) is 9.03. The highest BCUT2D eigenvalue weighted by Gasteiger charge is 2.13. The molecule has 3 N–H and O–H groups in total. The molecular weight excluding hydrogens is 407 g/mol. The van der Waals surface area contributed by atoms with Crippen molar-refractivity contribution >= 4 is 45.7 Å². The fraction of sp³-hybridized carbons (Fsp3) is 0.833. The number of hydrogen-bond acceptors (Lipinski definition) is 4. The average molecular weight is 434 g/mol. The van der Waals surface area contributed by atoms with E-state index in [0.717, 1.165) is 0 Å². The Bertz CT molecular complexity index is 444. The molecule has 0 aromatic carbocycles. The molecule has 126 valence electrons. The molecule has 1 amide bonds. The fourth-order valence-electron chi connectivity index (χ4n) is 1.39. The topological polar surface area (TPSA) is 99.7 Å². The predicted molar refractivity (Wildman–Crippen MR) is 97.0 cm³/mol. The third-order valence-electron chi connectivity index (χ3n) is 2.14. The Labute approximate surface area is 144 Å². The van der Waals surface area contributed by atoms with Gasteiger partial charge in [0.2, 0.25) is 5.91 Å². The molecule has 0 saturated carbocycles.